The molecule has 7 rings (SSSR count). The molecule has 3 aromatic carbocycles. The van der Waals surface area contributed by atoms with E-state index in [0.717, 1.165) is 92.4 Å². The van der Waals surface area contributed by atoms with Gasteiger partial charge in [-0.1, -0.05) is 19.1 Å². The van der Waals surface area contributed by atoms with Gasteiger partial charge in [-0.2, -0.15) is 0 Å². The van der Waals surface area contributed by atoms with Crippen molar-refractivity contribution in [2.24, 2.45) is 0 Å². The number of hydrogen-bond acceptors (Lipinski definition) is 4. The minimum atomic E-state index is -1.03. The summed E-state index contributed by atoms with van der Waals surface area (Å²) in [6.45, 7) is 6.81. The SMILES string of the molecule is CCc1cc2c(c3c1=[N+](C)CCC3)Oc1c(cc3c4c1CCCN4CCC3)C=2c1ccc(C(C)=O)cc1C(=O)O. The van der Waals surface area contributed by atoms with Crippen molar-refractivity contribution in [1.29, 1.82) is 0 Å². The number of hydrogen-bond donors (Lipinski definition) is 1. The molecule has 0 atom stereocenters. The zero-order chi connectivity index (χ0) is 27.7. The summed E-state index contributed by atoms with van der Waals surface area (Å²) in [4.78, 5) is 27.5. The molecule has 6 nitrogen and oxygen atoms in total. The lowest BCUT2D eigenvalue weighted by Gasteiger charge is -2.39. The highest BCUT2D eigenvalue weighted by molar-refractivity contribution is 6.02. The van der Waals surface area contributed by atoms with Crippen LogP contribution in [-0.2, 0) is 25.7 Å². The summed E-state index contributed by atoms with van der Waals surface area (Å²) in [6.07, 6.45) is 7.02. The van der Waals surface area contributed by atoms with Gasteiger partial charge >= 0.3 is 5.97 Å². The molecule has 0 aromatic heterocycles. The largest absolute Gasteiger partial charge is 0.478 e. The van der Waals surface area contributed by atoms with Gasteiger partial charge in [0.15, 0.2) is 5.78 Å². The molecular formula is C34H35N2O4+. The van der Waals surface area contributed by atoms with E-state index in [0.29, 0.717) is 11.1 Å². The summed E-state index contributed by atoms with van der Waals surface area (Å²) >= 11 is 0. The van der Waals surface area contributed by atoms with E-state index >= 15 is 0 Å². The first-order valence-corrected chi connectivity index (χ1v) is 14.6. The number of aromatic carboxylic acids is 1. The molecule has 0 bridgehead atoms. The average molecular weight is 536 g/mol. The molecule has 0 unspecified atom stereocenters. The van der Waals surface area contributed by atoms with Crippen molar-refractivity contribution in [3.8, 4) is 11.5 Å². The molecule has 4 aliphatic rings. The van der Waals surface area contributed by atoms with Crippen LogP contribution in [0.4, 0.5) is 5.69 Å². The molecule has 6 heteroatoms. The number of carbonyl (C=O) groups is 2. The zero-order valence-corrected chi connectivity index (χ0v) is 23.5. The smallest absolute Gasteiger partial charge is 0.336 e. The number of Topliss-reactive ketones (excluding diaryl/α,β-unsaturated/α-hetero) is 1. The molecule has 40 heavy (non-hydrogen) atoms. The predicted octanol–water partition coefficient (Wildman–Crippen LogP) is 4.27. The van der Waals surface area contributed by atoms with E-state index in [2.05, 4.69) is 35.6 Å². The number of rotatable bonds is 4. The highest BCUT2D eigenvalue weighted by Gasteiger charge is 2.35. The third-order valence-electron chi connectivity index (χ3n) is 9.25. The Morgan fingerprint density at radius 2 is 1.75 bits per heavy atom. The molecule has 0 spiro atoms. The highest BCUT2D eigenvalue weighted by atomic mass is 16.5. The molecule has 3 aromatic rings. The molecule has 0 radical (unpaired) electrons. The summed E-state index contributed by atoms with van der Waals surface area (Å²) in [5, 5.41) is 12.6. The van der Waals surface area contributed by atoms with Gasteiger partial charge in [0.2, 0.25) is 5.36 Å². The van der Waals surface area contributed by atoms with Crippen LogP contribution >= 0.6 is 0 Å². The third kappa shape index (κ3) is 3.65. The summed E-state index contributed by atoms with van der Waals surface area (Å²) in [6, 6.07) is 9.65. The lowest BCUT2D eigenvalue weighted by molar-refractivity contribution is 0.0696. The molecular weight excluding hydrogens is 500 g/mol. The molecule has 0 fully saturated rings. The van der Waals surface area contributed by atoms with Crippen LogP contribution in [0, 0.1) is 0 Å². The van der Waals surface area contributed by atoms with Crippen LogP contribution in [0.2, 0.25) is 0 Å². The van der Waals surface area contributed by atoms with Crippen molar-refractivity contribution >= 4 is 23.0 Å². The van der Waals surface area contributed by atoms with Gasteiger partial charge in [0, 0.05) is 58.2 Å². The van der Waals surface area contributed by atoms with Gasteiger partial charge < -0.3 is 14.7 Å². The molecule has 0 aliphatic carbocycles. The lowest BCUT2D eigenvalue weighted by Crippen LogP contribution is -2.40. The van der Waals surface area contributed by atoms with Crippen molar-refractivity contribution in [2.75, 3.05) is 31.6 Å². The molecule has 0 amide bonds. The molecule has 0 saturated heterocycles. The van der Waals surface area contributed by atoms with Crippen LogP contribution in [0.5, 0.6) is 11.5 Å². The van der Waals surface area contributed by atoms with Gasteiger partial charge in [-0.15, -0.1) is 0 Å². The van der Waals surface area contributed by atoms with Gasteiger partial charge in [0.1, 0.15) is 25.1 Å². The summed E-state index contributed by atoms with van der Waals surface area (Å²) in [5.41, 5.74) is 9.50. The van der Waals surface area contributed by atoms with Crippen molar-refractivity contribution in [3.05, 3.63) is 85.4 Å². The number of fused-ring (bicyclic) bond motifs is 5. The van der Waals surface area contributed by atoms with Crippen LogP contribution in [-0.4, -0.2) is 43.5 Å². The fourth-order valence-corrected chi connectivity index (χ4v) is 7.48. The van der Waals surface area contributed by atoms with Crippen molar-refractivity contribution in [1.82, 2.24) is 4.58 Å². The standard InChI is InChI=1S/C34H34N2O4/c1-4-20-16-27-29(23-12-11-21(19(2)37)17-26(23)34(38)39)28-18-22-8-5-14-36-15-7-10-25(31(22)36)33(28)40-32(27)24-9-6-13-35(3)30(20)24/h11-12,16-18H,4-10,13-15H2,1-3H3/p+1. The maximum Gasteiger partial charge on any atom is 0.336 e. The summed E-state index contributed by atoms with van der Waals surface area (Å²) in [5.74, 6) is 0.590. The van der Waals surface area contributed by atoms with Gasteiger partial charge in [-0.05, 0) is 74.8 Å². The number of nitrogens with zero attached hydrogens (tertiary/aromatic N) is 2. The number of ether oxygens (including phenoxy) is 1. The minimum absolute atomic E-state index is 0.143. The Morgan fingerprint density at radius 3 is 2.50 bits per heavy atom. The van der Waals surface area contributed by atoms with E-state index in [4.69, 9.17) is 4.74 Å². The first-order chi connectivity index (χ1) is 19.4. The van der Waals surface area contributed by atoms with Crippen LogP contribution in [0.25, 0.3) is 5.57 Å². The first kappa shape index (κ1) is 25.1. The average Bonchev–Trinajstić information content (AvgIpc) is 2.96. The lowest BCUT2D eigenvalue weighted by atomic mass is 9.81. The number of ketones is 1. The normalized spacial score (nSPS) is 16.9. The second-order valence-electron chi connectivity index (χ2n) is 11.7. The van der Waals surface area contributed by atoms with Crippen LogP contribution in [0.1, 0.15) is 87.2 Å². The zero-order valence-electron chi connectivity index (χ0n) is 23.5. The fraction of sp³-hybridized carbons (Fsp3) is 0.382. The maximum absolute atomic E-state index is 12.7. The van der Waals surface area contributed by atoms with E-state index in [1.54, 1.807) is 12.1 Å². The van der Waals surface area contributed by atoms with Crippen LogP contribution in [0.15, 0.2) is 30.3 Å². The Morgan fingerprint density at radius 1 is 0.975 bits per heavy atom. The summed E-state index contributed by atoms with van der Waals surface area (Å²) < 4.78 is 9.38. The number of carboxylic acids is 1. The molecule has 4 heterocycles. The second kappa shape index (κ2) is 9.33. The Bertz CT molecular complexity index is 1770. The van der Waals surface area contributed by atoms with E-state index < -0.39 is 5.97 Å². The second-order valence-corrected chi connectivity index (χ2v) is 11.7. The first-order valence-electron chi connectivity index (χ1n) is 14.6. The molecule has 204 valence electrons. The quantitative estimate of drug-likeness (QED) is 0.312. The van der Waals surface area contributed by atoms with Crippen LogP contribution in [0.3, 0.4) is 0 Å². The molecule has 4 aliphatic heterocycles. The maximum atomic E-state index is 12.7. The Kier molecular flexibility index (Phi) is 5.84. The van der Waals surface area contributed by atoms with Crippen LogP contribution < -0.4 is 24.8 Å². The Hall–Kier alpha value is -3.93. The van der Waals surface area contributed by atoms with E-state index in [1.807, 2.05) is 6.07 Å². The third-order valence-corrected chi connectivity index (χ3v) is 9.25. The van der Waals surface area contributed by atoms with Gasteiger partial charge in [-0.25, -0.2) is 9.37 Å². The molecule has 1 N–H and O–H groups in total. The van der Waals surface area contributed by atoms with E-state index in [-0.39, 0.29) is 11.3 Å². The van der Waals surface area contributed by atoms with E-state index in [1.165, 1.54) is 40.2 Å². The summed E-state index contributed by atoms with van der Waals surface area (Å²) in [7, 11) is 2.16. The number of carboxylic acid groups (broad SMARTS) is 1. The number of aryl methyl sites for hydroxylation is 2. The number of benzene rings is 3. The monoisotopic (exact) mass is 535 g/mol. The predicted molar refractivity (Wildman–Crippen MR) is 156 cm³/mol. The van der Waals surface area contributed by atoms with Gasteiger partial charge in [0.05, 0.1) is 11.1 Å². The minimum Gasteiger partial charge on any atom is -0.478 e. The Balaban J connectivity index is 1.66. The van der Waals surface area contributed by atoms with E-state index in [9.17, 15) is 14.7 Å². The van der Waals surface area contributed by atoms with Crippen molar-refractivity contribution in [2.45, 2.75) is 58.8 Å². The number of carbonyl (C=O) groups excluding carboxylic acids is 1. The van der Waals surface area contributed by atoms with Gasteiger partial charge in [-0.3, -0.25) is 4.79 Å². The molecule has 0 saturated carbocycles. The Labute approximate surface area is 234 Å². The topological polar surface area (TPSA) is 69.8 Å². The van der Waals surface area contributed by atoms with Gasteiger partial charge in [0.25, 0.3) is 0 Å². The van der Waals surface area contributed by atoms with Crippen molar-refractivity contribution in [3.63, 3.8) is 0 Å². The fourth-order valence-electron chi connectivity index (χ4n) is 7.48. The highest BCUT2D eigenvalue weighted by Crippen LogP contribution is 2.48. The number of anilines is 1. The van der Waals surface area contributed by atoms with Crippen molar-refractivity contribution < 1.29 is 19.4 Å².